The zero-order valence-corrected chi connectivity index (χ0v) is 23.0. The van der Waals surface area contributed by atoms with Crippen LogP contribution in [-0.4, -0.2) is 42.5 Å². The summed E-state index contributed by atoms with van der Waals surface area (Å²) in [5.41, 5.74) is 3.96. The maximum atomic E-state index is 11.9. The second-order valence-corrected chi connectivity index (χ2v) is 10.8. The largest absolute Gasteiger partial charge is 0.495 e. The number of fused-ring (bicyclic) bond motifs is 1. The van der Waals surface area contributed by atoms with Crippen LogP contribution in [0, 0.1) is 5.92 Å². The minimum atomic E-state index is -0.760. The molecule has 2 atom stereocenters. The lowest BCUT2D eigenvalue weighted by Crippen LogP contribution is -2.40. The van der Waals surface area contributed by atoms with Crippen molar-refractivity contribution in [3.8, 4) is 21.9 Å². The van der Waals surface area contributed by atoms with Gasteiger partial charge in [-0.3, -0.25) is 0 Å². The minimum Gasteiger partial charge on any atom is -0.495 e. The van der Waals surface area contributed by atoms with Gasteiger partial charge in [-0.2, -0.15) is 0 Å². The summed E-state index contributed by atoms with van der Waals surface area (Å²) in [5.74, 6) is 1.95. The highest BCUT2D eigenvalue weighted by atomic mass is 32.1. The van der Waals surface area contributed by atoms with Crippen molar-refractivity contribution in [1.29, 1.82) is 0 Å². The first-order valence-corrected chi connectivity index (χ1v) is 14.0. The van der Waals surface area contributed by atoms with Gasteiger partial charge in [0.15, 0.2) is 6.79 Å². The number of ether oxygens (including phenoxy) is 4. The topological polar surface area (TPSA) is 80.6 Å². The summed E-state index contributed by atoms with van der Waals surface area (Å²) in [6, 6.07) is 23.7. The molecule has 2 unspecified atom stereocenters. The van der Waals surface area contributed by atoms with Crippen molar-refractivity contribution in [2.45, 2.75) is 19.1 Å². The van der Waals surface area contributed by atoms with E-state index in [0.29, 0.717) is 32.2 Å². The summed E-state index contributed by atoms with van der Waals surface area (Å²) < 4.78 is 23.4. The normalized spacial score (nSPS) is 17.6. The van der Waals surface area contributed by atoms with Crippen LogP contribution in [0.4, 0.5) is 0 Å². The van der Waals surface area contributed by atoms with E-state index in [-0.39, 0.29) is 12.7 Å². The number of benzene rings is 3. The average molecular weight is 558 g/mol. The van der Waals surface area contributed by atoms with Gasteiger partial charge in [-0.25, -0.2) is 0 Å². The maximum Gasteiger partial charge on any atom is 0.186 e. The average Bonchev–Trinajstić information content (AvgIpc) is 3.35. The van der Waals surface area contributed by atoms with Gasteiger partial charge in [-0.1, -0.05) is 36.4 Å². The van der Waals surface area contributed by atoms with E-state index < -0.39 is 6.10 Å². The summed E-state index contributed by atoms with van der Waals surface area (Å²) in [5, 5.41) is 22.0. The third-order valence-corrected chi connectivity index (χ3v) is 8.47. The Morgan fingerprint density at radius 2 is 1.77 bits per heavy atom. The van der Waals surface area contributed by atoms with Crippen LogP contribution in [-0.2, 0) is 16.1 Å². The molecule has 0 radical (unpaired) electrons. The molecule has 40 heavy (non-hydrogen) atoms. The van der Waals surface area contributed by atoms with Gasteiger partial charge in [-0.15, -0.1) is 11.3 Å². The van der Waals surface area contributed by atoms with E-state index >= 15 is 0 Å². The Balaban J connectivity index is 1.35. The molecule has 2 aliphatic rings. The van der Waals surface area contributed by atoms with Crippen molar-refractivity contribution in [3.63, 3.8) is 0 Å². The predicted octanol–water partition coefficient (Wildman–Crippen LogP) is 6.19. The lowest BCUT2D eigenvalue weighted by molar-refractivity contribution is -0.124. The van der Waals surface area contributed by atoms with E-state index in [1.165, 1.54) is 0 Å². The SMILES string of the molecule is COC1=CC(C(O)c2c(-c3ccc(OCO)cc3)sc3cc(OCc4ccccc4)ccc23)CC=C1N1COC1. The molecule has 1 aliphatic carbocycles. The molecule has 8 heteroatoms. The third-order valence-electron chi connectivity index (χ3n) is 7.25. The monoisotopic (exact) mass is 557 g/mol. The van der Waals surface area contributed by atoms with Gasteiger partial charge in [0, 0.05) is 21.1 Å². The zero-order chi connectivity index (χ0) is 27.5. The Morgan fingerprint density at radius 1 is 1.00 bits per heavy atom. The molecule has 1 aliphatic heterocycles. The van der Waals surface area contributed by atoms with Gasteiger partial charge in [0.1, 0.15) is 37.3 Å². The van der Waals surface area contributed by atoms with E-state index in [1.807, 2.05) is 78.9 Å². The fourth-order valence-electron chi connectivity index (χ4n) is 5.12. The van der Waals surface area contributed by atoms with Gasteiger partial charge in [0.05, 0.1) is 18.9 Å². The van der Waals surface area contributed by atoms with Crippen LogP contribution in [0.15, 0.2) is 96.4 Å². The molecule has 4 aromatic rings. The number of aliphatic hydroxyl groups excluding tert-OH is 2. The van der Waals surface area contributed by atoms with Gasteiger partial charge >= 0.3 is 0 Å². The van der Waals surface area contributed by atoms with E-state index in [4.69, 9.17) is 24.1 Å². The molecular weight excluding hydrogens is 526 g/mol. The fourth-order valence-corrected chi connectivity index (χ4v) is 6.40. The number of hydrogen-bond donors (Lipinski definition) is 2. The molecule has 2 heterocycles. The van der Waals surface area contributed by atoms with Crippen LogP contribution in [0.25, 0.3) is 20.5 Å². The molecular formula is C32H31NO6S. The van der Waals surface area contributed by atoms with Crippen LogP contribution in [0.1, 0.15) is 23.7 Å². The molecule has 2 N–H and O–H groups in total. The first-order chi connectivity index (χ1) is 19.6. The molecule has 3 aromatic carbocycles. The van der Waals surface area contributed by atoms with Gasteiger partial charge in [0.2, 0.25) is 0 Å². The maximum absolute atomic E-state index is 11.9. The molecule has 1 aromatic heterocycles. The quantitative estimate of drug-likeness (QED) is 0.225. The van der Waals surface area contributed by atoms with Crippen molar-refractivity contribution in [2.24, 2.45) is 5.92 Å². The number of methoxy groups -OCH3 is 1. The smallest absolute Gasteiger partial charge is 0.186 e. The van der Waals surface area contributed by atoms with Crippen LogP contribution in [0.3, 0.4) is 0 Å². The zero-order valence-electron chi connectivity index (χ0n) is 22.2. The fraction of sp³-hybridized carbons (Fsp3) is 0.250. The van der Waals surface area contributed by atoms with Crippen molar-refractivity contribution in [2.75, 3.05) is 27.4 Å². The lowest BCUT2D eigenvalue weighted by Gasteiger charge is -2.37. The van der Waals surface area contributed by atoms with Crippen LogP contribution < -0.4 is 9.47 Å². The third kappa shape index (κ3) is 5.31. The molecule has 1 fully saturated rings. The molecule has 206 valence electrons. The summed E-state index contributed by atoms with van der Waals surface area (Å²) >= 11 is 1.63. The van der Waals surface area contributed by atoms with Crippen LogP contribution in [0.2, 0.25) is 0 Å². The van der Waals surface area contributed by atoms with Gasteiger partial charge in [-0.05, 0) is 71.5 Å². The highest BCUT2D eigenvalue weighted by Gasteiger charge is 2.31. The van der Waals surface area contributed by atoms with Gasteiger partial charge in [0.25, 0.3) is 0 Å². The summed E-state index contributed by atoms with van der Waals surface area (Å²) in [6.07, 6.45) is 4.07. The van der Waals surface area contributed by atoms with Crippen molar-refractivity contribution in [3.05, 3.63) is 108 Å². The van der Waals surface area contributed by atoms with Gasteiger partial charge < -0.3 is 34.1 Å². The standard InChI is InChI=1S/C32H31NO6S/c1-36-28-15-23(9-14-27(28)33-18-37-19-33)31(35)30-26-13-12-25(38-17-21-5-3-2-4-6-21)16-29(26)40-32(30)22-7-10-24(11-8-22)39-20-34/h2-8,10-16,23,31,34-35H,9,17-20H2,1H3. The number of aliphatic hydroxyl groups is 2. The number of hydrogen-bond acceptors (Lipinski definition) is 8. The molecule has 0 spiro atoms. The number of nitrogens with zero attached hydrogens (tertiary/aromatic N) is 1. The van der Waals surface area contributed by atoms with E-state index in [1.54, 1.807) is 18.4 Å². The van der Waals surface area contributed by atoms with E-state index in [2.05, 4.69) is 11.0 Å². The van der Waals surface area contributed by atoms with Crippen molar-refractivity contribution >= 4 is 21.4 Å². The number of rotatable bonds is 10. The lowest BCUT2D eigenvalue weighted by atomic mass is 9.86. The summed E-state index contributed by atoms with van der Waals surface area (Å²) in [6.45, 7) is 1.19. The molecule has 7 nitrogen and oxygen atoms in total. The predicted molar refractivity (Wildman–Crippen MR) is 155 cm³/mol. The first-order valence-electron chi connectivity index (χ1n) is 13.2. The second-order valence-electron chi connectivity index (χ2n) is 9.75. The number of thiophene rings is 1. The van der Waals surface area contributed by atoms with E-state index in [9.17, 15) is 5.11 Å². The van der Waals surface area contributed by atoms with Crippen LogP contribution >= 0.6 is 11.3 Å². The van der Waals surface area contributed by atoms with E-state index in [0.717, 1.165) is 48.9 Å². The Kier molecular flexibility index (Phi) is 7.75. The molecule has 6 rings (SSSR count). The molecule has 0 bridgehead atoms. The Morgan fingerprint density at radius 3 is 2.48 bits per heavy atom. The van der Waals surface area contributed by atoms with Crippen LogP contribution in [0.5, 0.6) is 11.5 Å². The minimum absolute atomic E-state index is 0.163. The summed E-state index contributed by atoms with van der Waals surface area (Å²) in [4.78, 5) is 3.09. The second kappa shape index (κ2) is 11.7. The highest BCUT2D eigenvalue weighted by molar-refractivity contribution is 7.22. The summed E-state index contributed by atoms with van der Waals surface area (Å²) in [7, 11) is 1.66. The molecule has 1 saturated heterocycles. The Labute approximate surface area is 237 Å². The van der Waals surface area contributed by atoms with Crippen molar-refractivity contribution < 1.29 is 29.2 Å². The highest BCUT2D eigenvalue weighted by Crippen LogP contribution is 2.47. The molecule has 0 amide bonds. The van der Waals surface area contributed by atoms with Crippen molar-refractivity contribution in [1.82, 2.24) is 4.90 Å². The Hall–Kier alpha value is -3.82. The molecule has 0 saturated carbocycles. The number of allylic oxidation sites excluding steroid dienone is 1. The first kappa shape index (κ1) is 26.4. The Bertz CT molecular complexity index is 1520.